The van der Waals surface area contributed by atoms with Crippen molar-refractivity contribution in [1.29, 1.82) is 0 Å². The first-order valence-electron chi connectivity index (χ1n) is 7.41. The van der Waals surface area contributed by atoms with Gasteiger partial charge in [-0.3, -0.25) is 0 Å². The first kappa shape index (κ1) is 16.1. The van der Waals surface area contributed by atoms with Crippen LogP contribution in [0.25, 0.3) is 0 Å². The molecule has 0 saturated heterocycles. The van der Waals surface area contributed by atoms with Crippen LogP contribution in [0.3, 0.4) is 0 Å². The number of pyridine rings is 1. The molecule has 0 unspecified atom stereocenters. The maximum absolute atomic E-state index is 4.54. The van der Waals surface area contributed by atoms with Gasteiger partial charge in [-0.15, -0.1) is 11.8 Å². The second-order valence-electron chi connectivity index (χ2n) is 5.82. The molecule has 112 valence electrons. The summed E-state index contributed by atoms with van der Waals surface area (Å²) >= 11 is 1.79. The van der Waals surface area contributed by atoms with E-state index < -0.39 is 0 Å². The fraction of sp³-hybridized carbons (Fsp3) is 0.389. The van der Waals surface area contributed by atoms with Crippen LogP contribution in [0.15, 0.2) is 41.6 Å². The zero-order chi connectivity index (χ0) is 15.2. The predicted octanol–water partition coefficient (Wildman–Crippen LogP) is 4.49. The molecule has 0 radical (unpaired) electrons. The number of nitrogens with zero attached hydrogens (tertiary/aromatic N) is 1. The number of nitrogens with one attached hydrogen (secondary N) is 1. The van der Waals surface area contributed by atoms with Gasteiger partial charge in [-0.1, -0.05) is 49.2 Å². The lowest BCUT2D eigenvalue weighted by Crippen LogP contribution is -2.21. The molecule has 0 aliphatic heterocycles. The van der Waals surface area contributed by atoms with Crippen LogP contribution in [0.4, 0.5) is 0 Å². The van der Waals surface area contributed by atoms with Gasteiger partial charge in [-0.2, -0.15) is 0 Å². The van der Waals surface area contributed by atoms with Crippen LogP contribution in [-0.4, -0.2) is 11.0 Å². The average molecular weight is 300 g/mol. The molecule has 2 rings (SSSR count). The lowest BCUT2D eigenvalue weighted by atomic mass is 10.1. The molecule has 2 nitrogen and oxygen atoms in total. The van der Waals surface area contributed by atoms with Crippen LogP contribution in [0.5, 0.6) is 0 Å². The van der Waals surface area contributed by atoms with Crippen LogP contribution in [0, 0.1) is 13.8 Å². The summed E-state index contributed by atoms with van der Waals surface area (Å²) in [6.45, 7) is 9.49. The van der Waals surface area contributed by atoms with Gasteiger partial charge in [0.1, 0.15) is 0 Å². The van der Waals surface area contributed by atoms with E-state index in [-0.39, 0.29) is 0 Å². The number of aromatic nitrogens is 1. The smallest absolute Gasteiger partial charge is 0.0963 e. The Morgan fingerprint density at radius 2 is 1.76 bits per heavy atom. The predicted molar refractivity (Wildman–Crippen MR) is 91.7 cm³/mol. The number of aryl methyl sites for hydroxylation is 2. The number of benzene rings is 1. The van der Waals surface area contributed by atoms with Crippen LogP contribution in [0.2, 0.25) is 0 Å². The fourth-order valence-corrected chi connectivity index (χ4v) is 3.01. The van der Waals surface area contributed by atoms with Gasteiger partial charge in [0.25, 0.3) is 0 Å². The largest absolute Gasteiger partial charge is 0.310 e. The minimum Gasteiger partial charge on any atom is -0.310 e. The van der Waals surface area contributed by atoms with Gasteiger partial charge in [0.2, 0.25) is 0 Å². The van der Waals surface area contributed by atoms with Crippen LogP contribution in [0.1, 0.15) is 36.1 Å². The standard InChI is InChI=1S/C18H24N2S/c1-13(2)19-10-16-5-6-18(20-11-16)21-12-17-8-14(3)7-15(4)9-17/h5-9,11,13,19H,10,12H2,1-4H3. The highest BCUT2D eigenvalue weighted by Crippen LogP contribution is 2.22. The SMILES string of the molecule is Cc1cc(C)cc(CSc2ccc(CNC(C)C)cn2)c1. The highest BCUT2D eigenvalue weighted by atomic mass is 32.2. The summed E-state index contributed by atoms with van der Waals surface area (Å²) in [7, 11) is 0. The number of thioether (sulfide) groups is 1. The molecule has 0 aliphatic rings. The molecule has 1 N–H and O–H groups in total. The van der Waals surface area contributed by atoms with E-state index in [1.807, 2.05) is 6.20 Å². The molecule has 1 aromatic heterocycles. The Morgan fingerprint density at radius 3 is 2.33 bits per heavy atom. The van der Waals surface area contributed by atoms with Crippen molar-refractivity contribution < 1.29 is 0 Å². The van der Waals surface area contributed by atoms with Crippen molar-refractivity contribution in [2.45, 2.75) is 51.1 Å². The summed E-state index contributed by atoms with van der Waals surface area (Å²) in [6, 6.07) is 11.5. The molecule has 0 bridgehead atoms. The molecule has 0 saturated carbocycles. The van der Waals surface area contributed by atoms with Crippen molar-refractivity contribution in [2.24, 2.45) is 0 Å². The minimum absolute atomic E-state index is 0.503. The monoisotopic (exact) mass is 300 g/mol. The van der Waals surface area contributed by atoms with Gasteiger partial charge in [0.05, 0.1) is 5.03 Å². The van der Waals surface area contributed by atoms with Crippen LogP contribution >= 0.6 is 11.8 Å². The van der Waals surface area contributed by atoms with Gasteiger partial charge in [0.15, 0.2) is 0 Å². The van der Waals surface area contributed by atoms with E-state index in [1.54, 1.807) is 11.8 Å². The Balaban J connectivity index is 1.91. The van der Waals surface area contributed by atoms with Gasteiger partial charge in [0, 0.05) is 24.5 Å². The second-order valence-corrected chi connectivity index (χ2v) is 6.82. The molecule has 0 spiro atoms. The normalized spacial score (nSPS) is 11.1. The number of hydrogen-bond acceptors (Lipinski definition) is 3. The van der Waals surface area contributed by atoms with Gasteiger partial charge in [-0.25, -0.2) is 4.98 Å². The van der Waals surface area contributed by atoms with Crippen molar-refractivity contribution in [3.05, 3.63) is 58.8 Å². The van der Waals surface area contributed by atoms with Crippen molar-refractivity contribution >= 4 is 11.8 Å². The summed E-state index contributed by atoms with van der Waals surface area (Å²) in [5.41, 5.74) is 5.26. The first-order chi connectivity index (χ1) is 10.0. The summed E-state index contributed by atoms with van der Waals surface area (Å²) in [4.78, 5) is 4.54. The fourth-order valence-electron chi connectivity index (χ4n) is 2.23. The third-order valence-electron chi connectivity index (χ3n) is 3.18. The zero-order valence-corrected chi connectivity index (χ0v) is 14.1. The van der Waals surface area contributed by atoms with E-state index in [2.05, 4.69) is 68.3 Å². The van der Waals surface area contributed by atoms with Crippen molar-refractivity contribution in [3.63, 3.8) is 0 Å². The molecule has 0 atom stereocenters. The van der Waals surface area contributed by atoms with Crippen LogP contribution < -0.4 is 5.32 Å². The molecule has 1 aromatic carbocycles. The molecule has 1 heterocycles. The van der Waals surface area contributed by atoms with E-state index in [9.17, 15) is 0 Å². The van der Waals surface area contributed by atoms with E-state index >= 15 is 0 Å². The lowest BCUT2D eigenvalue weighted by molar-refractivity contribution is 0.587. The summed E-state index contributed by atoms with van der Waals surface area (Å²) in [5.74, 6) is 0.971. The lowest BCUT2D eigenvalue weighted by Gasteiger charge is -2.08. The summed E-state index contributed by atoms with van der Waals surface area (Å²) in [5, 5.41) is 4.49. The highest BCUT2D eigenvalue weighted by molar-refractivity contribution is 7.98. The maximum atomic E-state index is 4.54. The van der Waals surface area contributed by atoms with Gasteiger partial charge >= 0.3 is 0 Å². The average Bonchev–Trinajstić information content (AvgIpc) is 2.43. The van der Waals surface area contributed by atoms with Crippen molar-refractivity contribution in [2.75, 3.05) is 0 Å². The third kappa shape index (κ3) is 5.52. The Bertz CT molecular complexity index is 556. The first-order valence-corrected chi connectivity index (χ1v) is 8.40. The third-order valence-corrected chi connectivity index (χ3v) is 4.20. The Labute approximate surface area is 132 Å². The quantitative estimate of drug-likeness (QED) is 0.796. The molecule has 21 heavy (non-hydrogen) atoms. The highest BCUT2D eigenvalue weighted by Gasteiger charge is 2.01. The number of hydrogen-bond donors (Lipinski definition) is 1. The van der Waals surface area contributed by atoms with E-state index in [4.69, 9.17) is 0 Å². The summed E-state index contributed by atoms with van der Waals surface area (Å²) in [6.07, 6.45) is 1.97. The second kappa shape index (κ2) is 7.62. The van der Waals surface area contributed by atoms with Gasteiger partial charge in [-0.05, 0) is 31.0 Å². The van der Waals surface area contributed by atoms with Crippen molar-refractivity contribution in [3.8, 4) is 0 Å². The molecular formula is C18H24N2S. The van der Waals surface area contributed by atoms with Gasteiger partial charge < -0.3 is 5.32 Å². The summed E-state index contributed by atoms with van der Waals surface area (Å²) < 4.78 is 0. The number of rotatable bonds is 6. The molecule has 0 amide bonds. The van der Waals surface area contributed by atoms with E-state index in [0.29, 0.717) is 6.04 Å². The zero-order valence-electron chi connectivity index (χ0n) is 13.3. The minimum atomic E-state index is 0.503. The molecule has 2 aromatic rings. The topological polar surface area (TPSA) is 24.9 Å². The Hall–Kier alpha value is -1.32. The van der Waals surface area contributed by atoms with Crippen LogP contribution in [-0.2, 0) is 12.3 Å². The molecule has 0 aliphatic carbocycles. The van der Waals surface area contributed by atoms with E-state index in [0.717, 1.165) is 17.3 Å². The molecular weight excluding hydrogens is 276 g/mol. The van der Waals surface area contributed by atoms with E-state index in [1.165, 1.54) is 22.3 Å². The Kier molecular flexibility index (Phi) is 5.83. The van der Waals surface area contributed by atoms with Crippen molar-refractivity contribution in [1.82, 2.24) is 10.3 Å². The molecule has 3 heteroatoms. The maximum Gasteiger partial charge on any atom is 0.0963 e. The molecule has 0 fully saturated rings. The Morgan fingerprint density at radius 1 is 1.05 bits per heavy atom.